The Morgan fingerprint density at radius 3 is 2.97 bits per heavy atom. The number of nitrogens with two attached hydrogens (primary N) is 1. The fourth-order valence-corrected chi connectivity index (χ4v) is 3.81. The lowest BCUT2D eigenvalue weighted by Gasteiger charge is -2.17. The van der Waals surface area contributed by atoms with Gasteiger partial charge in [0.1, 0.15) is 0 Å². The van der Waals surface area contributed by atoms with Gasteiger partial charge in [0, 0.05) is 36.6 Å². The van der Waals surface area contributed by atoms with Gasteiger partial charge in [0.15, 0.2) is 5.75 Å². The molecule has 1 unspecified atom stereocenters. The quantitative estimate of drug-likeness (QED) is 0.470. The number of para-hydroxylation sites is 1. The lowest BCUT2D eigenvalue weighted by atomic mass is 10.0. The Hall–Kier alpha value is -3.47. The molecule has 1 amide bonds. The molecule has 158 valence electrons. The van der Waals surface area contributed by atoms with Crippen molar-refractivity contribution in [2.45, 2.75) is 19.4 Å². The van der Waals surface area contributed by atoms with Crippen molar-refractivity contribution in [2.75, 3.05) is 19.0 Å². The highest BCUT2D eigenvalue weighted by molar-refractivity contribution is 6.32. The van der Waals surface area contributed by atoms with Crippen molar-refractivity contribution in [2.24, 2.45) is 5.73 Å². The molecule has 1 atom stereocenters. The molecule has 3 heterocycles. The van der Waals surface area contributed by atoms with Crippen molar-refractivity contribution in [1.82, 2.24) is 15.3 Å². The molecule has 3 aromatic rings. The number of hydrogen-bond donors (Lipinski definition) is 4. The van der Waals surface area contributed by atoms with E-state index in [4.69, 9.17) is 22.1 Å². The van der Waals surface area contributed by atoms with Gasteiger partial charge >= 0.3 is 0 Å². The second-order valence-electron chi connectivity index (χ2n) is 7.16. The molecule has 0 fully saturated rings. The zero-order valence-electron chi connectivity index (χ0n) is 17.2. The molecule has 0 spiro atoms. The Labute approximate surface area is 185 Å². The van der Waals surface area contributed by atoms with E-state index in [1.165, 1.54) is 0 Å². The van der Waals surface area contributed by atoms with Gasteiger partial charge in [-0.15, -0.1) is 0 Å². The molecule has 1 aliphatic rings. The number of carbonyl (C=O) groups is 1. The molecular formula is C23H22ClN5O2. The van der Waals surface area contributed by atoms with Gasteiger partial charge in [0.25, 0.3) is 5.91 Å². The first-order valence-electron chi connectivity index (χ1n) is 9.83. The molecule has 7 nitrogen and oxygen atoms in total. The molecule has 5 N–H and O–H groups in total. The number of ether oxygens (including phenoxy) is 1. The third kappa shape index (κ3) is 4.08. The molecule has 1 aliphatic heterocycles. The predicted octanol–water partition coefficient (Wildman–Crippen LogP) is 3.47. The highest BCUT2D eigenvalue weighted by Gasteiger charge is 2.28. The SMILES string of the molecule is COc1c(Cl)cccc1Nc1c(-c2ccncc2C#CC(C)N)[nH]c2c1C(=O)NCC2. The summed E-state index contributed by atoms with van der Waals surface area (Å²) in [5.74, 6) is 6.41. The van der Waals surface area contributed by atoms with Gasteiger partial charge in [-0.05, 0) is 25.1 Å². The number of nitrogens with one attached hydrogen (secondary N) is 3. The first-order valence-corrected chi connectivity index (χ1v) is 10.2. The van der Waals surface area contributed by atoms with Crippen LogP contribution in [-0.4, -0.2) is 35.6 Å². The Kier molecular flexibility index (Phi) is 5.85. The summed E-state index contributed by atoms with van der Waals surface area (Å²) in [4.78, 5) is 20.4. The number of fused-ring (bicyclic) bond motifs is 1. The second-order valence-corrected chi connectivity index (χ2v) is 7.57. The number of amides is 1. The topological polar surface area (TPSA) is 105 Å². The van der Waals surface area contributed by atoms with Gasteiger partial charge in [0.2, 0.25) is 0 Å². The van der Waals surface area contributed by atoms with E-state index in [9.17, 15) is 4.79 Å². The normalized spacial score (nSPS) is 13.5. The van der Waals surface area contributed by atoms with Crippen LogP contribution < -0.4 is 21.1 Å². The van der Waals surface area contributed by atoms with E-state index in [1.807, 2.05) is 25.1 Å². The summed E-state index contributed by atoms with van der Waals surface area (Å²) >= 11 is 6.30. The third-order valence-corrected chi connectivity index (χ3v) is 5.22. The molecule has 31 heavy (non-hydrogen) atoms. The lowest BCUT2D eigenvalue weighted by molar-refractivity contribution is 0.0947. The molecule has 0 aliphatic carbocycles. The average Bonchev–Trinajstić information content (AvgIpc) is 3.12. The summed E-state index contributed by atoms with van der Waals surface area (Å²) in [6.45, 7) is 2.39. The summed E-state index contributed by atoms with van der Waals surface area (Å²) in [6.07, 6.45) is 4.07. The van der Waals surface area contributed by atoms with Gasteiger partial charge in [-0.1, -0.05) is 29.5 Å². The highest BCUT2D eigenvalue weighted by atomic mass is 35.5. The minimum Gasteiger partial charge on any atom is -0.493 e. The smallest absolute Gasteiger partial charge is 0.255 e. The van der Waals surface area contributed by atoms with Crippen LogP contribution in [-0.2, 0) is 6.42 Å². The predicted molar refractivity (Wildman–Crippen MR) is 122 cm³/mol. The van der Waals surface area contributed by atoms with Crippen LogP contribution in [0.1, 0.15) is 28.5 Å². The molecule has 4 rings (SSSR count). The molecule has 0 bridgehead atoms. The van der Waals surface area contributed by atoms with Crippen LogP contribution in [0.15, 0.2) is 36.7 Å². The fourth-order valence-electron chi connectivity index (χ4n) is 3.56. The van der Waals surface area contributed by atoms with Crippen molar-refractivity contribution in [1.29, 1.82) is 0 Å². The van der Waals surface area contributed by atoms with Crippen molar-refractivity contribution >= 4 is 28.9 Å². The van der Waals surface area contributed by atoms with Crippen LogP contribution in [0.4, 0.5) is 11.4 Å². The van der Waals surface area contributed by atoms with Crippen molar-refractivity contribution in [3.63, 3.8) is 0 Å². The van der Waals surface area contributed by atoms with E-state index in [0.717, 1.165) is 17.0 Å². The largest absolute Gasteiger partial charge is 0.493 e. The third-order valence-electron chi connectivity index (χ3n) is 4.92. The number of aromatic nitrogens is 2. The Bertz CT molecular complexity index is 1210. The Morgan fingerprint density at radius 2 is 2.19 bits per heavy atom. The van der Waals surface area contributed by atoms with E-state index in [0.29, 0.717) is 46.2 Å². The number of H-pyrrole nitrogens is 1. The van der Waals surface area contributed by atoms with Gasteiger partial charge < -0.3 is 26.1 Å². The minimum absolute atomic E-state index is 0.149. The number of halogens is 1. The fraction of sp³-hybridized carbons (Fsp3) is 0.217. The number of hydrogen-bond acceptors (Lipinski definition) is 5. The van der Waals surface area contributed by atoms with E-state index in [-0.39, 0.29) is 11.9 Å². The van der Waals surface area contributed by atoms with Crippen molar-refractivity contribution in [3.05, 3.63) is 58.5 Å². The first-order chi connectivity index (χ1) is 15.0. The Balaban J connectivity index is 1.91. The van der Waals surface area contributed by atoms with Crippen LogP contribution in [0.25, 0.3) is 11.3 Å². The average molecular weight is 436 g/mol. The van der Waals surface area contributed by atoms with E-state index < -0.39 is 0 Å². The van der Waals surface area contributed by atoms with Crippen LogP contribution >= 0.6 is 11.6 Å². The summed E-state index contributed by atoms with van der Waals surface area (Å²) < 4.78 is 5.48. The molecular weight excluding hydrogens is 414 g/mol. The molecule has 8 heteroatoms. The summed E-state index contributed by atoms with van der Waals surface area (Å²) in [7, 11) is 1.55. The number of nitrogens with zero attached hydrogens (tertiary/aromatic N) is 1. The summed E-state index contributed by atoms with van der Waals surface area (Å²) in [6, 6.07) is 7.00. The van der Waals surface area contributed by atoms with Crippen LogP contribution in [0.5, 0.6) is 5.75 Å². The number of aromatic amines is 1. The number of anilines is 2. The minimum atomic E-state index is -0.274. The monoisotopic (exact) mass is 435 g/mol. The maximum Gasteiger partial charge on any atom is 0.255 e. The summed E-state index contributed by atoms with van der Waals surface area (Å²) in [5, 5.41) is 6.75. The lowest BCUT2D eigenvalue weighted by Crippen LogP contribution is -2.31. The van der Waals surface area contributed by atoms with E-state index in [2.05, 4.69) is 32.4 Å². The van der Waals surface area contributed by atoms with Crippen LogP contribution in [0.2, 0.25) is 5.02 Å². The number of methoxy groups -OCH3 is 1. The number of pyridine rings is 1. The molecule has 0 saturated heterocycles. The van der Waals surface area contributed by atoms with E-state index in [1.54, 1.807) is 25.6 Å². The van der Waals surface area contributed by atoms with Crippen LogP contribution in [0, 0.1) is 11.8 Å². The first kappa shape index (κ1) is 20.8. The zero-order valence-corrected chi connectivity index (χ0v) is 17.9. The maximum atomic E-state index is 12.8. The van der Waals surface area contributed by atoms with Gasteiger partial charge in [-0.2, -0.15) is 0 Å². The van der Waals surface area contributed by atoms with Gasteiger partial charge in [0.05, 0.1) is 46.4 Å². The second kappa shape index (κ2) is 8.72. The maximum absolute atomic E-state index is 12.8. The van der Waals surface area contributed by atoms with Crippen molar-refractivity contribution in [3.8, 4) is 28.8 Å². The summed E-state index contributed by atoms with van der Waals surface area (Å²) in [5.41, 5.74) is 10.8. The van der Waals surface area contributed by atoms with Gasteiger partial charge in [-0.25, -0.2) is 0 Å². The number of carbonyl (C=O) groups excluding carboxylic acids is 1. The van der Waals surface area contributed by atoms with Gasteiger partial charge in [-0.3, -0.25) is 9.78 Å². The Morgan fingerprint density at radius 1 is 1.35 bits per heavy atom. The molecule has 2 aromatic heterocycles. The number of rotatable bonds is 4. The standard InChI is InChI=1S/C23H22ClN5O2/c1-13(25)6-7-14-12-26-10-8-15(14)20-21(19-17(28-20)9-11-27-23(19)30)29-18-5-3-4-16(24)22(18)31-2/h3-5,8,10,12-13,28-29H,9,11,25H2,1-2H3,(H,27,30). The zero-order chi connectivity index (χ0) is 22.0. The van der Waals surface area contributed by atoms with Crippen molar-refractivity contribution < 1.29 is 9.53 Å². The molecule has 1 aromatic carbocycles. The molecule has 0 radical (unpaired) electrons. The molecule has 0 saturated carbocycles. The van der Waals surface area contributed by atoms with Crippen LogP contribution in [0.3, 0.4) is 0 Å². The number of benzene rings is 1. The highest BCUT2D eigenvalue weighted by Crippen LogP contribution is 2.41. The van der Waals surface area contributed by atoms with E-state index >= 15 is 0 Å².